The zero-order chi connectivity index (χ0) is 18.9. The first-order chi connectivity index (χ1) is 13.3. The van der Waals surface area contributed by atoms with Crippen LogP contribution < -0.4 is 9.47 Å². The summed E-state index contributed by atoms with van der Waals surface area (Å²) in [5, 5.41) is 18.1. The number of ether oxygens (including phenoxy) is 3. The fourth-order valence-electron chi connectivity index (χ4n) is 3.06. The monoisotopic (exact) mass is 367 g/mol. The largest absolute Gasteiger partial charge is 0.486 e. The normalized spacial score (nSPS) is 17.7. The first-order valence-electron chi connectivity index (χ1n) is 9.44. The van der Waals surface area contributed by atoms with E-state index in [4.69, 9.17) is 19.5 Å². The summed E-state index contributed by atoms with van der Waals surface area (Å²) in [6.07, 6.45) is 4.13. The molecule has 0 spiro atoms. The summed E-state index contributed by atoms with van der Waals surface area (Å²) in [5.41, 5.74) is 1.60. The van der Waals surface area contributed by atoms with E-state index in [0.717, 1.165) is 42.9 Å². The molecule has 0 bridgehead atoms. The Labute approximate surface area is 160 Å². The van der Waals surface area contributed by atoms with Gasteiger partial charge in [0.1, 0.15) is 17.6 Å². The molecule has 3 rings (SSSR count). The molecule has 1 fully saturated rings. The number of rotatable bonds is 8. The zero-order valence-corrected chi connectivity index (χ0v) is 15.3. The summed E-state index contributed by atoms with van der Waals surface area (Å²) in [5.74, 6) is 1.50. The lowest BCUT2D eigenvalue weighted by atomic mass is 10.0. The average Bonchev–Trinajstić information content (AvgIpc) is 2.73. The van der Waals surface area contributed by atoms with Crippen LogP contribution in [0.15, 0.2) is 48.5 Å². The van der Waals surface area contributed by atoms with E-state index in [1.807, 2.05) is 36.4 Å². The average molecular weight is 367 g/mol. The molecule has 5 nitrogen and oxygen atoms in total. The van der Waals surface area contributed by atoms with Crippen molar-refractivity contribution < 1.29 is 19.3 Å². The Morgan fingerprint density at radius 1 is 1.07 bits per heavy atom. The van der Waals surface area contributed by atoms with Gasteiger partial charge in [-0.15, -0.1) is 0 Å². The van der Waals surface area contributed by atoms with Crippen LogP contribution in [0.25, 0.3) is 0 Å². The highest BCUT2D eigenvalue weighted by molar-refractivity contribution is 5.34. The first kappa shape index (κ1) is 19.2. The second kappa shape index (κ2) is 9.96. The van der Waals surface area contributed by atoms with Crippen LogP contribution in [-0.2, 0) is 4.74 Å². The Morgan fingerprint density at radius 3 is 2.44 bits per heavy atom. The van der Waals surface area contributed by atoms with Crippen molar-refractivity contribution in [3.63, 3.8) is 0 Å². The fourth-order valence-corrected chi connectivity index (χ4v) is 3.06. The lowest BCUT2D eigenvalue weighted by molar-refractivity contribution is -0.105. The van der Waals surface area contributed by atoms with Crippen molar-refractivity contribution in [2.24, 2.45) is 0 Å². The highest BCUT2D eigenvalue weighted by Crippen LogP contribution is 2.28. The molecular formula is C22H25NO4. The molecule has 0 aliphatic carbocycles. The topological polar surface area (TPSA) is 71.7 Å². The van der Waals surface area contributed by atoms with Crippen LogP contribution in [0.5, 0.6) is 11.5 Å². The van der Waals surface area contributed by atoms with Gasteiger partial charge in [0.15, 0.2) is 6.29 Å². The van der Waals surface area contributed by atoms with Gasteiger partial charge in [0.25, 0.3) is 0 Å². The van der Waals surface area contributed by atoms with Crippen molar-refractivity contribution in [2.45, 2.75) is 44.5 Å². The smallest absolute Gasteiger partial charge is 0.199 e. The second-order valence-electron chi connectivity index (χ2n) is 6.59. The van der Waals surface area contributed by atoms with E-state index in [0.29, 0.717) is 18.4 Å². The lowest BCUT2D eigenvalue weighted by Gasteiger charge is -2.24. The van der Waals surface area contributed by atoms with Crippen LogP contribution in [0.1, 0.15) is 49.3 Å². The molecule has 0 saturated carbocycles. The SMILES string of the molecule is N#Cc1ccc([C@@H](CCCO)Oc2ccc(O[C@@H]3CCCCO3)cc2)cc1. The number of aliphatic hydroxyl groups excluding tert-OH is 1. The number of benzene rings is 2. The lowest BCUT2D eigenvalue weighted by Crippen LogP contribution is -2.24. The van der Waals surface area contributed by atoms with Gasteiger partial charge in [0.2, 0.25) is 0 Å². The Hall–Kier alpha value is -2.55. The summed E-state index contributed by atoms with van der Waals surface area (Å²) >= 11 is 0. The molecule has 2 atom stereocenters. The minimum Gasteiger partial charge on any atom is -0.486 e. The Kier molecular flexibility index (Phi) is 7.09. The third-order valence-corrected chi connectivity index (χ3v) is 4.54. The summed E-state index contributed by atoms with van der Waals surface area (Å²) in [6, 6.07) is 17.0. The molecule has 0 amide bonds. The number of nitriles is 1. The molecule has 142 valence electrons. The molecule has 1 heterocycles. The molecule has 0 radical (unpaired) electrons. The maximum atomic E-state index is 9.18. The maximum absolute atomic E-state index is 9.18. The zero-order valence-electron chi connectivity index (χ0n) is 15.3. The molecule has 1 aliphatic heterocycles. The van der Waals surface area contributed by atoms with E-state index in [9.17, 15) is 5.11 Å². The molecule has 27 heavy (non-hydrogen) atoms. The van der Waals surface area contributed by atoms with Gasteiger partial charge >= 0.3 is 0 Å². The third-order valence-electron chi connectivity index (χ3n) is 4.54. The number of hydrogen-bond donors (Lipinski definition) is 1. The van der Waals surface area contributed by atoms with Gasteiger partial charge in [-0.25, -0.2) is 0 Å². The summed E-state index contributed by atoms with van der Waals surface area (Å²) < 4.78 is 17.6. The van der Waals surface area contributed by atoms with E-state index < -0.39 is 0 Å². The predicted octanol–water partition coefficient (Wildman–Crippen LogP) is 4.36. The standard InChI is InChI=1S/C22H25NO4/c23-16-17-6-8-18(9-7-17)21(4-3-14-24)26-19-10-12-20(13-11-19)27-22-5-1-2-15-25-22/h6-13,21-22,24H,1-5,14-15H2/t21-,22-/m1/s1. The van der Waals surface area contributed by atoms with Gasteiger partial charge in [-0.2, -0.15) is 5.26 Å². The molecule has 1 N–H and O–H groups in total. The van der Waals surface area contributed by atoms with Crippen LogP contribution in [0.4, 0.5) is 0 Å². The Bertz CT molecular complexity index is 730. The van der Waals surface area contributed by atoms with Crippen LogP contribution in [0, 0.1) is 11.3 Å². The fraction of sp³-hybridized carbons (Fsp3) is 0.409. The van der Waals surface area contributed by atoms with Crippen LogP contribution in [-0.4, -0.2) is 24.6 Å². The number of nitrogens with zero attached hydrogens (tertiary/aromatic N) is 1. The summed E-state index contributed by atoms with van der Waals surface area (Å²) in [6.45, 7) is 0.868. The van der Waals surface area contributed by atoms with Crippen LogP contribution in [0.3, 0.4) is 0 Å². The molecule has 0 aromatic heterocycles. The van der Waals surface area contributed by atoms with E-state index in [2.05, 4.69) is 6.07 Å². The van der Waals surface area contributed by atoms with Gasteiger partial charge < -0.3 is 19.3 Å². The van der Waals surface area contributed by atoms with E-state index in [1.165, 1.54) is 0 Å². The maximum Gasteiger partial charge on any atom is 0.199 e. The molecule has 0 unspecified atom stereocenters. The highest BCUT2D eigenvalue weighted by Gasteiger charge is 2.16. The molecular weight excluding hydrogens is 342 g/mol. The minimum absolute atomic E-state index is 0.115. The van der Waals surface area contributed by atoms with Gasteiger partial charge in [-0.05, 0) is 67.6 Å². The minimum atomic E-state index is -0.182. The second-order valence-corrected chi connectivity index (χ2v) is 6.59. The van der Waals surface area contributed by atoms with Crippen molar-refractivity contribution in [2.75, 3.05) is 13.2 Å². The van der Waals surface area contributed by atoms with Crippen molar-refractivity contribution in [3.8, 4) is 17.6 Å². The van der Waals surface area contributed by atoms with Gasteiger partial charge in [-0.1, -0.05) is 12.1 Å². The van der Waals surface area contributed by atoms with Crippen molar-refractivity contribution in [3.05, 3.63) is 59.7 Å². The molecule has 2 aromatic carbocycles. The van der Waals surface area contributed by atoms with Crippen LogP contribution >= 0.6 is 0 Å². The van der Waals surface area contributed by atoms with Crippen molar-refractivity contribution in [1.29, 1.82) is 5.26 Å². The van der Waals surface area contributed by atoms with E-state index in [-0.39, 0.29) is 19.0 Å². The summed E-state index contributed by atoms with van der Waals surface area (Å²) in [7, 11) is 0. The van der Waals surface area contributed by atoms with Crippen LogP contribution in [0.2, 0.25) is 0 Å². The van der Waals surface area contributed by atoms with Crippen molar-refractivity contribution >= 4 is 0 Å². The number of hydrogen-bond acceptors (Lipinski definition) is 5. The Morgan fingerprint density at radius 2 is 1.81 bits per heavy atom. The molecule has 5 heteroatoms. The molecule has 1 aliphatic rings. The summed E-state index contributed by atoms with van der Waals surface area (Å²) in [4.78, 5) is 0. The predicted molar refractivity (Wildman–Crippen MR) is 102 cm³/mol. The van der Waals surface area contributed by atoms with E-state index >= 15 is 0 Å². The highest BCUT2D eigenvalue weighted by atomic mass is 16.7. The van der Waals surface area contributed by atoms with Gasteiger partial charge in [-0.3, -0.25) is 0 Å². The van der Waals surface area contributed by atoms with Gasteiger partial charge in [0.05, 0.1) is 18.2 Å². The van der Waals surface area contributed by atoms with Gasteiger partial charge in [0, 0.05) is 13.0 Å². The number of aliphatic hydroxyl groups is 1. The van der Waals surface area contributed by atoms with E-state index in [1.54, 1.807) is 12.1 Å². The Balaban J connectivity index is 1.64. The third kappa shape index (κ3) is 5.72. The first-order valence-corrected chi connectivity index (χ1v) is 9.44. The molecule has 2 aromatic rings. The quantitative estimate of drug-likeness (QED) is 0.751. The van der Waals surface area contributed by atoms with Crippen molar-refractivity contribution in [1.82, 2.24) is 0 Å². The molecule has 1 saturated heterocycles.